The predicted molar refractivity (Wildman–Crippen MR) is 76.7 cm³/mol. The molecule has 22 heavy (non-hydrogen) atoms. The average molecular weight is 313 g/mol. The minimum atomic E-state index is -1.06. The Kier molecular flexibility index (Phi) is 7.51. The number of hydroxylamine groups is 1. The van der Waals surface area contributed by atoms with E-state index in [0.29, 0.717) is 25.0 Å². The van der Waals surface area contributed by atoms with Gasteiger partial charge in [0, 0.05) is 12.7 Å². The van der Waals surface area contributed by atoms with Crippen LogP contribution in [0.1, 0.15) is 31.4 Å². The highest BCUT2D eigenvalue weighted by molar-refractivity contribution is 5.86. The molecule has 1 amide bonds. The summed E-state index contributed by atoms with van der Waals surface area (Å²) < 4.78 is 18.8. The third-order valence-electron chi connectivity index (χ3n) is 3.04. The number of phenolic OH excluding ortho intramolecular Hbond substituents is 1. The monoisotopic (exact) mass is 313 g/mol. The Morgan fingerprint density at radius 3 is 2.82 bits per heavy atom. The van der Waals surface area contributed by atoms with E-state index in [9.17, 15) is 14.3 Å². The SMILES string of the molecule is CCO[C@@H](CC/C=C/C(=O)NO)[C@@H](O)c1ccc(O)c(F)c1. The van der Waals surface area contributed by atoms with Crippen molar-refractivity contribution in [2.24, 2.45) is 0 Å². The van der Waals surface area contributed by atoms with E-state index in [2.05, 4.69) is 0 Å². The molecule has 0 bridgehead atoms. The molecule has 0 fully saturated rings. The Morgan fingerprint density at radius 1 is 1.50 bits per heavy atom. The Balaban J connectivity index is 2.70. The van der Waals surface area contributed by atoms with Gasteiger partial charge in [0.15, 0.2) is 11.6 Å². The number of carbonyl (C=O) groups excluding carboxylic acids is 1. The van der Waals surface area contributed by atoms with Gasteiger partial charge in [0.2, 0.25) is 0 Å². The fraction of sp³-hybridized carbons (Fsp3) is 0.400. The number of nitrogens with one attached hydrogen (secondary N) is 1. The fourth-order valence-electron chi connectivity index (χ4n) is 1.96. The molecule has 0 aliphatic carbocycles. The van der Waals surface area contributed by atoms with E-state index in [1.165, 1.54) is 23.7 Å². The van der Waals surface area contributed by atoms with E-state index >= 15 is 0 Å². The maximum atomic E-state index is 13.3. The number of rotatable bonds is 8. The standard InChI is InChI=1S/C15H20FNO5/c1-2-22-13(5-3-4-6-14(19)17-21)15(20)10-7-8-12(18)11(16)9-10/h4,6-9,13,15,18,20-21H,2-3,5H2,1H3,(H,17,19)/b6-4+/t13-,15-/m0/s1. The molecule has 2 atom stereocenters. The van der Waals surface area contributed by atoms with Crippen molar-refractivity contribution in [3.05, 3.63) is 41.7 Å². The van der Waals surface area contributed by atoms with E-state index < -0.39 is 29.7 Å². The minimum absolute atomic E-state index is 0.297. The first-order chi connectivity index (χ1) is 10.5. The van der Waals surface area contributed by atoms with Crippen LogP contribution in [0.3, 0.4) is 0 Å². The van der Waals surface area contributed by atoms with Crippen LogP contribution in [0.4, 0.5) is 4.39 Å². The number of carbonyl (C=O) groups is 1. The summed E-state index contributed by atoms with van der Waals surface area (Å²) in [5, 5.41) is 27.8. The topological polar surface area (TPSA) is 99.0 Å². The molecular weight excluding hydrogens is 293 g/mol. The molecular formula is C15H20FNO5. The second-order valence-corrected chi connectivity index (χ2v) is 4.61. The summed E-state index contributed by atoms with van der Waals surface area (Å²) in [4.78, 5) is 10.8. The highest BCUT2D eigenvalue weighted by atomic mass is 19.1. The third kappa shape index (κ3) is 5.44. The second-order valence-electron chi connectivity index (χ2n) is 4.61. The predicted octanol–water partition coefficient (Wildman–Crippen LogP) is 1.81. The van der Waals surface area contributed by atoms with Crippen LogP contribution in [-0.4, -0.2) is 34.0 Å². The molecule has 4 N–H and O–H groups in total. The first-order valence-electron chi connectivity index (χ1n) is 6.88. The van der Waals surface area contributed by atoms with Gasteiger partial charge in [-0.05, 0) is 37.5 Å². The summed E-state index contributed by atoms with van der Waals surface area (Å²) in [5.41, 5.74) is 1.76. The number of aromatic hydroxyl groups is 1. The Hall–Kier alpha value is -1.96. The van der Waals surface area contributed by atoms with E-state index in [1.54, 1.807) is 6.92 Å². The van der Waals surface area contributed by atoms with Crippen molar-refractivity contribution in [2.75, 3.05) is 6.61 Å². The first kappa shape index (κ1) is 18.1. The summed E-state index contributed by atoms with van der Waals surface area (Å²) in [5.74, 6) is -1.94. The summed E-state index contributed by atoms with van der Waals surface area (Å²) in [6.07, 6.45) is 1.87. The van der Waals surface area contributed by atoms with Crippen molar-refractivity contribution in [3.8, 4) is 5.75 Å². The maximum Gasteiger partial charge on any atom is 0.267 e. The van der Waals surface area contributed by atoms with Gasteiger partial charge in [0.05, 0.1) is 6.10 Å². The Labute approximate surface area is 127 Å². The van der Waals surface area contributed by atoms with Crippen LogP contribution in [0, 0.1) is 5.82 Å². The highest BCUT2D eigenvalue weighted by Crippen LogP contribution is 2.26. The van der Waals surface area contributed by atoms with Gasteiger partial charge in [-0.2, -0.15) is 0 Å². The van der Waals surface area contributed by atoms with E-state index in [0.717, 1.165) is 12.1 Å². The van der Waals surface area contributed by atoms with Gasteiger partial charge < -0.3 is 14.9 Å². The number of halogens is 1. The molecule has 6 nitrogen and oxygen atoms in total. The Morgan fingerprint density at radius 2 is 2.23 bits per heavy atom. The third-order valence-corrected chi connectivity index (χ3v) is 3.04. The van der Waals surface area contributed by atoms with Gasteiger partial charge in [-0.15, -0.1) is 0 Å². The molecule has 0 aliphatic heterocycles. The number of phenols is 1. The molecule has 1 aromatic rings. The lowest BCUT2D eigenvalue weighted by Gasteiger charge is -2.23. The van der Waals surface area contributed by atoms with Gasteiger partial charge >= 0.3 is 0 Å². The molecule has 0 saturated carbocycles. The van der Waals surface area contributed by atoms with Crippen LogP contribution in [0.15, 0.2) is 30.4 Å². The van der Waals surface area contributed by atoms with Crippen molar-refractivity contribution in [1.29, 1.82) is 0 Å². The number of amides is 1. The smallest absolute Gasteiger partial charge is 0.267 e. The molecule has 1 rings (SSSR count). The minimum Gasteiger partial charge on any atom is -0.505 e. The van der Waals surface area contributed by atoms with Crippen LogP contribution < -0.4 is 5.48 Å². The van der Waals surface area contributed by atoms with Gasteiger partial charge in [-0.25, -0.2) is 9.87 Å². The Bertz CT molecular complexity index is 521. The molecule has 0 unspecified atom stereocenters. The number of hydrogen-bond donors (Lipinski definition) is 4. The normalized spacial score (nSPS) is 14.0. The molecule has 122 valence electrons. The summed E-state index contributed by atoms with van der Waals surface area (Å²) in [6.45, 7) is 2.13. The van der Waals surface area contributed by atoms with Crippen LogP contribution in [0.2, 0.25) is 0 Å². The highest BCUT2D eigenvalue weighted by Gasteiger charge is 2.21. The van der Waals surface area contributed by atoms with Crippen molar-refractivity contribution >= 4 is 5.91 Å². The van der Waals surface area contributed by atoms with Crippen LogP contribution >= 0.6 is 0 Å². The lowest BCUT2D eigenvalue weighted by molar-refractivity contribution is -0.124. The van der Waals surface area contributed by atoms with Crippen molar-refractivity contribution in [2.45, 2.75) is 32.0 Å². The van der Waals surface area contributed by atoms with Crippen molar-refractivity contribution < 1.29 is 29.3 Å². The number of benzene rings is 1. The van der Waals surface area contributed by atoms with Crippen molar-refractivity contribution in [3.63, 3.8) is 0 Å². The second kappa shape index (κ2) is 9.14. The van der Waals surface area contributed by atoms with Crippen LogP contribution in [-0.2, 0) is 9.53 Å². The molecule has 0 aromatic heterocycles. The van der Waals surface area contributed by atoms with Crippen molar-refractivity contribution in [1.82, 2.24) is 5.48 Å². The van der Waals surface area contributed by atoms with Crippen LogP contribution in [0.25, 0.3) is 0 Å². The number of aliphatic hydroxyl groups is 1. The quantitative estimate of drug-likeness (QED) is 0.333. The molecule has 0 aliphatic rings. The molecule has 0 saturated heterocycles. The van der Waals surface area contributed by atoms with Gasteiger partial charge in [0.1, 0.15) is 6.10 Å². The molecule has 0 radical (unpaired) electrons. The lowest BCUT2D eigenvalue weighted by atomic mass is 10.00. The fourth-order valence-corrected chi connectivity index (χ4v) is 1.96. The van der Waals surface area contributed by atoms with E-state index in [-0.39, 0.29) is 0 Å². The zero-order valence-electron chi connectivity index (χ0n) is 12.2. The van der Waals surface area contributed by atoms with Gasteiger partial charge in [0.25, 0.3) is 5.91 Å². The molecule has 7 heteroatoms. The van der Waals surface area contributed by atoms with Gasteiger partial charge in [-0.1, -0.05) is 12.1 Å². The molecule has 0 spiro atoms. The summed E-state index contributed by atoms with van der Waals surface area (Å²) >= 11 is 0. The first-order valence-corrected chi connectivity index (χ1v) is 6.88. The number of aliphatic hydroxyl groups excluding tert-OH is 1. The number of allylic oxidation sites excluding steroid dienone is 1. The number of hydrogen-bond acceptors (Lipinski definition) is 5. The largest absolute Gasteiger partial charge is 0.505 e. The van der Waals surface area contributed by atoms with Crippen LogP contribution in [0.5, 0.6) is 5.75 Å². The lowest BCUT2D eigenvalue weighted by Crippen LogP contribution is -2.22. The van der Waals surface area contributed by atoms with Gasteiger partial charge in [-0.3, -0.25) is 10.0 Å². The average Bonchev–Trinajstić information content (AvgIpc) is 2.52. The molecule has 1 aromatic carbocycles. The number of ether oxygens (including phenoxy) is 1. The van der Waals surface area contributed by atoms with E-state index in [1.807, 2.05) is 0 Å². The van der Waals surface area contributed by atoms with E-state index in [4.69, 9.17) is 15.1 Å². The zero-order chi connectivity index (χ0) is 16.5. The summed E-state index contributed by atoms with van der Waals surface area (Å²) in [6, 6.07) is 3.65. The zero-order valence-corrected chi connectivity index (χ0v) is 12.2. The summed E-state index contributed by atoms with van der Waals surface area (Å²) in [7, 11) is 0. The maximum absolute atomic E-state index is 13.3. The molecule has 0 heterocycles.